The van der Waals surface area contributed by atoms with Crippen LogP contribution in [0, 0.1) is 6.92 Å². The van der Waals surface area contributed by atoms with Crippen molar-refractivity contribution in [2.45, 2.75) is 13.2 Å². The van der Waals surface area contributed by atoms with Crippen molar-refractivity contribution in [2.24, 2.45) is 7.05 Å². The van der Waals surface area contributed by atoms with Gasteiger partial charge >= 0.3 is 6.16 Å². The Kier molecular flexibility index (Phi) is 1.72. The highest BCUT2D eigenvalue weighted by Crippen LogP contribution is 2.17. The normalized spacial score (nSPS) is 21.4. The van der Waals surface area contributed by atoms with Crippen LogP contribution in [0.15, 0.2) is 12.4 Å². The highest BCUT2D eigenvalue weighted by Gasteiger charge is 2.32. The van der Waals surface area contributed by atoms with Gasteiger partial charge in [-0.2, -0.15) is 4.57 Å². The molecule has 70 valence electrons. The Labute approximate surface area is 75.5 Å². The van der Waals surface area contributed by atoms with E-state index in [2.05, 4.69) is 0 Å². The van der Waals surface area contributed by atoms with E-state index in [1.165, 1.54) is 0 Å². The molecule has 0 bridgehead atoms. The highest BCUT2D eigenvalue weighted by atomic mass is 16.8. The molecule has 1 atom stereocenters. The molecule has 2 rings (SSSR count). The van der Waals surface area contributed by atoms with Gasteiger partial charge in [-0.25, -0.2) is 9.36 Å². The minimum absolute atomic E-state index is 0.286. The first-order valence-electron chi connectivity index (χ1n) is 4.05. The number of cyclic esters (lactones) is 2. The Morgan fingerprint density at radius 2 is 2.46 bits per heavy atom. The molecule has 1 unspecified atom stereocenters. The van der Waals surface area contributed by atoms with Crippen LogP contribution in [0.1, 0.15) is 12.1 Å². The van der Waals surface area contributed by atoms with Gasteiger partial charge in [-0.1, -0.05) is 0 Å². The molecule has 5 nitrogen and oxygen atoms in total. The fraction of sp³-hybridized carbons (Fsp3) is 0.500. The molecule has 1 aromatic heterocycles. The van der Waals surface area contributed by atoms with Crippen molar-refractivity contribution >= 4 is 6.16 Å². The molecule has 1 aliphatic rings. The summed E-state index contributed by atoms with van der Waals surface area (Å²) < 4.78 is 13.4. The third-order valence-electron chi connectivity index (χ3n) is 2.22. The van der Waals surface area contributed by atoms with Crippen molar-refractivity contribution in [3.8, 4) is 0 Å². The van der Waals surface area contributed by atoms with Crippen molar-refractivity contribution in [3.05, 3.63) is 18.2 Å². The number of nitrogens with zero attached hydrogens (tertiary/aromatic N) is 2. The van der Waals surface area contributed by atoms with Crippen molar-refractivity contribution in [1.29, 1.82) is 0 Å². The minimum atomic E-state index is -0.597. The zero-order valence-electron chi connectivity index (χ0n) is 7.56. The van der Waals surface area contributed by atoms with Gasteiger partial charge in [-0.05, 0) is 0 Å². The van der Waals surface area contributed by atoms with Crippen molar-refractivity contribution < 1.29 is 18.8 Å². The number of hydrogen-bond acceptors (Lipinski definition) is 3. The summed E-state index contributed by atoms with van der Waals surface area (Å²) in [4.78, 5) is 10.7. The lowest BCUT2D eigenvalue weighted by atomic mass is 10.5. The van der Waals surface area contributed by atoms with Crippen molar-refractivity contribution in [3.63, 3.8) is 0 Å². The lowest BCUT2D eigenvalue weighted by Gasteiger charge is -2.02. The molecule has 13 heavy (non-hydrogen) atoms. The zero-order valence-corrected chi connectivity index (χ0v) is 7.56. The lowest BCUT2D eigenvalue weighted by molar-refractivity contribution is -0.677. The summed E-state index contributed by atoms with van der Waals surface area (Å²) in [5.41, 5.74) is 0. The van der Waals surface area contributed by atoms with Gasteiger partial charge in [0.1, 0.15) is 12.4 Å². The van der Waals surface area contributed by atoms with Gasteiger partial charge in [0, 0.05) is 6.92 Å². The number of aryl methyl sites for hydroxylation is 1. The second-order valence-corrected chi connectivity index (χ2v) is 3.00. The van der Waals surface area contributed by atoms with E-state index >= 15 is 0 Å². The van der Waals surface area contributed by atoms with Gasteiger partial charge in [-0.3, -0.25) is 0 Å². The number of hydrogen-bond donors (Lipinski definition) is 0. The maximum atomic E-state index is 10.7. The van der Waals surface area contributed by atoms with Gasteiger partial charge in [0.05, 0.1) is 7.05 Å². The molecule has 1 fully saturated rings. The van der Waals surface area contributed by atoms with Gasteiger partial charge < -0.3 is 9.47 Å². The van der Waals surface area contributed by atoms with Crippen molar-refractivity contribution in [2.75, 3.05) is 6.61 Å². The average molecular weight is 183 g/mol. The Hall–Kier alpha value is -1.52. The smallest absolute Gasteiger partial charge is 0.426 e. The van der Waals surface area contributed by atoms with Crippen LogP contribution in [0.4, 0.5) is 4.79 Å². The van der Waals surface area contributed by atoms with Crippen LogP contribution in [0.25, 0.3) is 0 Å². The Bertz CT molecular complexity index is 345. The predicted octanol–water partition coefficient (Wildman–Crippen LogP) is 0.286. The van der Waals surface area contributed by atoms with Crippen LogP contribution < -0.4 is 4.57 Å². The molecule has 2 heterocycles. The molecule has 5 heteroatoms. The third-order valence-corrected chi connectivity index (χ3v) is 2.22. The number of rotatable bonds is 1. The molecular formula is C8H11N2O3+. The summed E-state index contributed by atoms with van der Waals surface area (Å²) in [5.74, 6) is 1.02. The van der Waals surface area contributed by atoms with E-state index in [0.29, 0.717) is 0 Å². The van der Waals surface area contributed by atoms with Crippen LogP contribution in [0.2, 0.25) is 0 Å². The second kappa shape index (κ2) is 2.76. The van der Waals surface area contributed by atoms with Gasteiger partial charge in [0.15, 0.2) is 6.61 Å². The number of ether oxygens (including phenoxy) is 2. The molecule has 1 saturated heterocycles. The first-order chi connectivity index (χ1) is 6.18. The molecular weight excluding hydrogens is 172 g/mol. The first-order valence-corrected chi connectivity index (χ1v) is 4.05. The largest absolute Gasteiger partial charge is 0.512 e. The van der Waals surface area contributed by atoms with Gasteiger partial charge in [0.25, 0.3) is 12.1 Å². The molecule has 0 N–H and O–H groups in total. The number of aromatic nitrogens is 2. The van der Waals surface area contributed by atoms with Gasteiger partial charge in [-0.15, -0.1) is 0 Å². The topological polar surface area (TPSA) is 44.3 Å². The van der Waals surface area contributed by atoms with Crippen LogP contribution in [-0.4, -0.2) is 17.3 Å². The number of imidazole rings is 1. The van der Waals surface area contributed by atoms with E-state index < -0.39 is 6.16 Å². The summed E-state index contributed by atoms with van der Waals surface area (Å²) in [6.07, 6.45) is 2.86. The summed E-state index contributed by atoms with van der Waals surface area (Å²) in [6, 6.07) is 0. The Morgan fingerprint density at radius 1 is 1.69 bits per heavy atom. The summed E-state index contributed by atoms with van der Waals surface area (Å²) in [5, 5.41) is 0. The number of carbonyl (C=O) groups is 1. The minimum Gasteiger partial charge on any atom is -0.426 e. The third kappa shape index (κ3) is 1.26. The monoisotopic (exact) mass is 183 g/mol. The van der Waals surface area contributed by atoms with Crippen LogP contribution >= 0.6 is 0 Å². The molecule has 0 amide bonds. The lowest BCUT2D eigenvalue weighted by Crippen LogP contribution is -2.30. The molecule has 1 aliphatic heterocycles. The highest BCUT2D eigenvalue weighted by molar-refractivity contribution is 5.61. The molecule has 0 saturated carbocycles. The molecule has 0 aliphatic carbocycles. The Morgan fingerprint density at radius 3 is 2.92 bits per heavy atom. The van der Waals surface area contributed by atoms with Gasteiger partial charge in [0.2, 0.25) is 0 Å². The fourth-order valence-corrected chi connectivity index (χ4v) is 1.33. The SMILES string of the molecule is Cc1n(C2COC(=O)O2)cc[n+]1C. The van der Waals surface area contributed by atoms with E-state index in [1.54, 1.807) is 0 Å². The Balaban J connectivity index is 2.26. The molecule has 0 aromatic carbocycles. The molecule has 1 aromatic rings. The maximum Gasteiger partial charge on any atom is 0.512 e. The van der Waals surface area contributed by atoms with E-state index in [-0.39, 0.29) is 12.8 Å². The number of carbonyl (C=O) groups excluding carboxylic acids is 1. The maximum absolute atomic E-state index is 10.7. The average Bonchev–Trinajstić information content (AvgIpc) is 2.62. The quantitative estimate of drug-likeness (QED) is 0.464. The van der Waals surface area contributed by atoms with E-state index in [9.17, 15) is 4.79 Å². The predicted molar refractivity (Wildman–Crippen MR) is 41.8 cm³/mol. The van der Waals surface area contributed by atoms with Crippen LogP contribution in [-0.2, 0) is 16.5 Å². The summed E-state index contributed by atoms with van der Waals surface area (Å²) in [6.45, 7) is 2.24. The standard InChI is InChI=1S/C8H11N2O3/c1-6-9(2)3-4-10(6)7-5-12-8(11)13-7/h3-4,7H,5H2,1-2H3/q+1. The van der Waals surface area contributed by atoms with Crippen LogP contribution in [0.5, 0.6) is 0 Å². The van der Waals surface area contributed by atoms with E-state index in [4.69, 9.17) is 9.47 Å². The molecule has 0 radical (unpaired) electrons. The first kappa shape index (κ1) is 8.10. The summed E-state index contributed by atoms with van der Waals surface area (Å²) >= 11 is 0. The van der Waals surface area contributed by atoms with E-state index in [1.807, 2.05) is 35.5 Å². The fourth-order valence-electron chi connectivity index (χ4n) is 1.33. The second-order valence-electron chi connectivity index (χ2n) is 3.00. The molecule has 0 spiro atoms. The zero-order chi connectivity index (χ0) is 9.42. The summed E-state index contributed by atoms with van der Waals surface area (Å²) in [7, 11) is 1.93. The van der Waals surface area contributed by atoms with Crippen molar-refractivity contribution in [1.82, 2.24) is 4.57 Å². The van der Waals surface area contributed by atoms with E-state index in [0.717, 1.165) is 5.82 Å². The van der Waals surface area contributed by atoms with Crippen LogP contribution in [0.3, 0.4) is 0 Å².